The van der Waals surface area contributed by atoms with E-state index in [1.54, 1.807) is 28.3 Å². The zero-order valence-electron chi connectivity index (χ0n) is 12.9. The van der Waals surface area contributed by atoms with E-state index in [2.05, 4.69) is 15.7 Å². The van der Waals surface area contributed by atoms with Crippen LogP contribution in [0.1, 0.15) is 17.3 Å². The van der Waals surface area contributed by atoms with Crippen LogP contribution in [0.5, 0.6) is 0 Å². The molecule has 3 aromatic rings. The van der Waals surface area contributed by atoms with Crippen LogP contribution >= 0.6 is 11.3 Å². The van der Waals surface area contributed by atoms with Gasteiger partial charge in [0, 0.05) is 23.7 Å². The van der Waals surface area contributed by atoms with Crippen LogP contribution in [-0.2, 0) is 0 Å². The minimum atomic E-state index is -0.347. The van der Waals surface area contributed by atoms with E-state index in [1.165, 1.54) is 0 Å². The van der Waals surface area contributed by atoms with Gasteiger partial charge in [-0.15, -0.1) is 16.4 Å². The first-order valence-electron chi connectivity index (χ1n) is 7.59. The number of para-hydroxylation sites is 1. The standard InChI is InChI=1S/C17H18N4O2S/c22-11-9-14(15-7-4-12-24-15)18-17(23)19-16-8-10-21(20-16)13-5-2-1-3-6-13/h1-8,10,12,14,22H,9,11H2,(H2,18,19,20,23)/t14-/m1/s1. The second-order valence-electron chi connectivity index (χ2n) is 5.16. The van der Waals surface area contributed by atoms with Crippen molar-refractivity contribution in [3.8, 4) is 5.69 Å². The molecule has 6 nitrogen and oxygen atoms in total. The summed E-state index contributed by atoms with van der Waals surface area (Å²) in [5.74, 6) is 0.463. The maximum absolute atomic E-state index is 12.2. The van der Waals surface area contributed by atoms with Crippen LogP contribution in [0.4, 0.5) is 10.6 Å². The number of hydrogen-bond donors (Lipinski definition) is 3. The van der Waals surface area contributed by atoms with Gasteiger partial charge in [0.25, 0.3) is 0 Å². The molecule has 7 heteroatoms. The summed E-state index contributed by atoms with van der Waals surface area (Å²) in [5.41, 5.74) is 0.919. The Morgan fingerprint density at radius 3 is 2.75 bits per heavy atom. The van der Waals surface area contributed by atoms with Crippen molar-refractivity contribution >= 4 is 23.2 Å². The molecule has 0 radical (unpaired) electrons. The zero-order chi connectivity index (χ0) is 16.8. The molecule has 0 unspecified atom stereocenters. The van der Waals surface area contributed by atoms with Gasteiger partial charge in [-0.3, -0.25) is 5.32 Å². The van der Waals surface area contributed by atoms with Crippen LogP contribution in [0.3, 0.4) is 0 Å². The molecule has 24 heavy (non-hydrogen) atoms. The zero-order valence-corrected chi connectivity index (χ0v) is 13.7. The molecular weight excluding hydrogens is 324 g/mol. The van der Waals surface area contributed by atoms with Crippen molar-refractivity contribution in [1.29, 1.82) is 0 Å². The maximum atomic E-state index is 12.2. The van der Waals surface area contributed by atoms with E-state index >= 15 is 0 Å². The van der Waals surface area contributed by atoms with Crippen LogP contribution in [0, 0.1) is 0 Å². The molecule has 0 saturated heterocycles. The Kier molecular flexibility index (Phi) is 5.25. The number of benzene rings is 1. The number of aromatic nitrogens is 2. The smallest absolute Gasteiger partial charge is 0.320 e. The summed E-state index contributed by atoms with van der Waals surface area (Å²) in [6.07, 6.45) is 2.25. The maximum Gasteiger partial charge on any atom is 0.320 e. The van der Waals surface area contributed by atoms with E-state index in [4.69, 9.17) is 0 Å². The molecule has 0 saturated carbocycles. The number of carbonyl (C=O) groups excluding carboxylic acids is 1. The Morgan fingerprint density at radius 1 is 1.21 bits per heavy atom. The monoisotopic (exact) mass is 342 g/mol. The van der Waals surface area contributed by atoms with Gasteiger partial charge in [-0.25, -0.2) is 9.48 Å². The number of aliphatic hydroxyl groups excluding tert-OH is 1. The SMILES string of the molecule is O=C(Nc1ccn(-c2ccccc2)n1)N[C@H](CCO)c1cccs1. The fraction of sp³-hybridized carbons (Fsp3) is 0.176. The number of rotatable bonds is 6. The van der Waals surface area contributed by atoms with Gasteiger partial charge < -0.3 is 10.4 Å². The van der Waals surface area contributed by atoms with E-state index < -0.39 is 0 Å². The van der Waals surface area contributed by atoms with Crippen molar-refractivity contribution in [3.05, 3.63) is 65.0 Å². The van der Waals surface area contributed by atoms with E-state index in [0.717, 1.165) is 10.6 Å². The predicted octanol–water partition coefficient (Wildman–Crippen LogP) is 3.18. The van der Waals surface area contributed by atoms with Crippen molar-refractivity contribution in [1.82, 2.24) is 15.1 Å². The Bertz CT molecular complexity index is 771. The summed E-state index contributed by atoms with van der Waals surface area (Å²) in [6.45, 7) is 0.00544. The number of nitrogens with one attached hydrogen (secondary N) is 2. The quantitative estimate of drug-likeness (QED) is 0.644. The molecule has 1 aromatic carbocycles. The average molecular weight is 342 g/mol. The molecule has 0 aliphatic rings. The molecule has 0 aliphatic heterocycles. The molecule has 2 heterocycles. The number of amides is 2. The topological polar surface area (TPSA) is 79.2 Å². The first kappa shape index (κ1) is 16.2. The minimum Gasteiger partial charge on any atom is -0.396 e. The summed E-state index contributed by atoms with van der Waals surface area (Å²) in [5, 5.41) is 21.1. The molecule has 0 spiro atoms. The molecule has 2 amide bonds. The highest BCUT2D eigenvalue weighted by atomic mass is 32.1. The van der Waals surface area contributed by atoms with E-state index in [-0.39, 0.29) is 18.7 Å². The van der Waals surface area contributed by atoms with Crippen LogP contribution < -0.4 is 10.6 Å². The number of carbonyl (C=O) groups is 1. The Morgan fingerprint density at radius 2 is 2.04 bits per heavy atom. The van der Waals surface area contributed by atoms with E-state index in [1.807, 2.05) is 47.8 Å². The molecule has 0 fully saturated rings. The van der Waals surface area contributed by atoms with Gasteiger partial charge in [0.2, 0.25) is 0 Å². The predicted molar refractivity (Wildman–Crippen MR) is 94.5 cm³/mol. The highest BCUT2D eigenvalue weighted by molar-refractivity contribution is 7.10. The normalized spacial score (nSPS) is 11.9. The van der Waals surface area contributed by atoms with E-state index in [9.17, 15) is 9.90 Å². The van der Waals surface area contributed by atoms with Crippen LogP contribution in [0.15, 0.2) is 60.1 Å². The van der Waals surface area contributed by atoms with Crippen LogP contribution in [-0.4, -0.2) is 27.5 Å². The van der Waals surface area contributed by atoms with Crippen molar-refractivity contribution in [2.24, 2.45) is 0 Å². The van der Waals surface area contributed by atoms with Gasteiger partial charge in [-0.2, -0.15) is 0 Å². The second-order valence-corrected chi connectivity index (χ2v) is 6.14. The summed E-state index contributed by atoms with van der Waals surface area (Å²) in [6, 6.07) is 14.7. The van der Waals surface area contributed by atoms with Gasteiger partial charge in [0.15, 0.2) is 5.82 Å². The molecule has 124 valence electrons. The summed E-state index contributed by atoms with van der Waals surface area (Å²) >= 11 is 1.55. The Balaban J connectivity index is 1.63. The molecule has 3 N–H and O–H groups in total. The first-order valence-corrected chi connectivity index (χ1v) is 8.47. The Hall–Kier alpha value is -2.64. The van der Waals surface area contributed by atoms with Gasteiger partial charge >= 0.3 is 6.03 Å². The lowest BCUT2D eigenvalue weighted by molar-refractivity contribution is 0.239. The largest absolute Gasteiger partial charge is 0.396 e. The van der Waals surface area contributed by atoms with Gasteiger partial charge in [-0.05, 0) is 30.0 Å². The van der Waals surface area contributed by atoms with E-state index in [0.29, 0.717) is 12.2 Å². The second kappa shape index (κ2) is 7.76. The third-order valence-electron chi connectivity index (χ3n) is 3.46. The van der Waals surface area contributed by atoms with Crippen LogP contribution in [0.25, 0.3) is 5.69 Å². The molecule has 0 aliphatic carbocycles. The van der Waals surface area contributed by atoms with Crippen LogP contribution in [0.2, 0.25) is 0 Å². The van der Waals surface area contributed by atoms with Crippen molar-refractivity contribution in [2.75, 3.05) is 11.9 Å². The third-order valence-corrected chi connectivity index (χ3v) is 4.45. The lowest BCUT2D eigenvalue weighted by atomic mass is 10.2. The number of anilines is 1. The summed E-state index contributed by atoms with van der Waals surface area (Å²) < 4.78 is 1.69. The summed E-state index contributed by atoms with van der Waals surface area (Å²) in [4.78, 5) is 13.2. The molecule has 1 atom stereocenters. The number of thiophene rings is 1. The number of urea groups is 1. The lowest BCUT2D eigenvalue weighted by Gasteiger charge is -2.16. The fourth-order valence-electron chi connectivity index (χ4n) is 2.33. The first-order chi connectivity index (χ1) is 11.8. The van der Waals surface area contributed by atoms with Crippen molar-refractivity contribution < 1.29 is 9.90 Å². The third kappa shape index (κ3) is 4.01. The van der Waals surface area contributed by atoms with Gasteiger partial charge in [-0.1, -0.05) is 24.3 Å². The lowest BCUT2D eigenvalue weighted by Crippen LogP contribution is -2.32. The highest BCUT2D eigenvalue weighted by Gasteiger charge is 2.15. The average Bonchev–Trinajstić information content (AvgIpc) is 3.27. The highest BCUT2D eigenvalue weighted by Crippen LogP contribution is 2.21. The molecular formula is C17H18N4O2S. The number of nitrogens with zero attached hydrogens (tertiary/aromatic N) is 2. The fourth-order valence-corrected chi connectivity index (χ4v) is 3.14. The summed E-state index contributed by atoms with van der Waals surface area (Å²) in [7, 11) is 0. The van der Waals surface area contributed by atoms with Crippen molar-refractivity contribution in [2.45, 2.75) is 12.5 Å². The number of aliphatic hydroxyl groups is 1. The van der Waals surface area contributed by atoms with Crippen molar-refractivity contribution in [3.63, 3.8) is 0 Å². The Labute approximate surface area is 143 Å². The number of hydrogen-bond acceptors (Lipinski definition) is 4. The molecule has 3 rings (SSSR count). The van der Waals surface area contributed by atoms with Gasteiger partial charge in [0.05, 0.1) is 11.7 Å². The molecule has 2 aromatic heterocycles. The minimum absolute atomic E-state index is 0.00544. The van der Waals surface area contributed by atoms with Gasteiger partial charge in [0.1, 0.15) is 0 Å². The molecule has 0 bridgehead atoms.